The Labute approximate surface area is 227 Å². The van der Waals surface area contributed by atoms with E-state index < -0.39 is 0 Å². The fraction of sp³-hybridized carbons (Fsp3) is 0.552. The molecular weight excluding hydrogens is 496 g/mol. The highest BCUT2D eigenvalue weighted by Crippen LogP contribution is 2.46. The first-order valence-electron chi connectivity index (χ1n) is 13.8. The zero-order valence-corrected chi connectivity index (χ0v) is 24.0. The maximum atomic E-state index is 13.0. The Balaban J connectivity index is 1.28. The summed E-state index contributed by atoms with van der Waals surface area (Å²) < 4.78 is 7.60. The predicted octanol–water partition coefficient (Wildman–Crippen LogP) is 5.07. The number of piperidine rings is 1. The summed E-state index contributed by atoms with van der Waals surface area (Å²) in [7, 11) is 0. The van der Waals surface area contributed by atoms with Crippen molar-refractivity contribution in [2.45, 2.75) is 78.4 Å². The molecule has 2 atom stereocenters. The van der Waals surface area contributed by atoms with Gasteiger partial charge in [0.25, 0.3) is 0 Å². The van der Waals surface area contributed by atoms with Crippen molar-refractivity contribution in [1.29, 1.82) is 0 Å². The molecule has 6 heterocycles. The third-order valence-electron chi connectivity index (χ3n) is 8.61. The molecule has 0 radical (unpaired) electrons. The van der Waals surface area contributed by atoms with Gasteiger partial charge in [0.1, 0.15) is 17.2 Å². The summed E-state index contributed by atoms with van der Waals surface area (Å²) in [6, 6.07) is -0.208. The quantitative estimate of drug-likeness (QED) is 0.382. The van der Waals surface area contributed by atoms with Crippen molar-refractivity contribution in [3.63, 3.8) is 0 Å². The molecule has 2 aliphatic rings. The molecule has 1 amide bonds. The second kappa shape index (κ2) is 9.77. The zero-order chi connectivity index (χ0) is 26.7. The van der Waals surface area contributed by atoms with Gasteiger partial charge in [-0.2, -0.15) is 5.10 Å². The van der Waals surface area contributed by atoms with Crippen molar-refractivity contribution in [2.75, 3.05) is 26.2 Å². The van der Waals surface area contributed by atoms with E-state index in [1.807, 2.05) is 27.7 Å². The monoisotopic (exact) mass is 534 g/mol. The number of fused-ring (bicyclic) bond motifs is 2. The summed E-state index contributed by atoms with van der Waals surface area (Å²) in [4.78, 5) is 26.1. The Kier molecular flexibility index (Phi) is 6.56. The number of H-pyrrole nitrogens is 1. The van der Waals surface area contributed by atoms with Crippen LogP contribution in [0.25, 0.3) is 27.1 Å². The maximum absolute atomic E-state index is 13.0. The number of pyridine rings is 1. The Bertz CT molecular complexity index is 1500. The second-order valence-electron chi connectivity index (χ2n) is 11.4. The standard InChI is InChI=1S/C29H38N6O2S/c1-15(2)23-24-19(6)26(20-7-9-34(10-8-20)29(36)22-13-37-16(3)11-30-22)38-28(24)33-25(23)21-12-35-27(31-14-32-35)18(5)17(21)4/h12,14-16,20,22,30,33H,7-11,13H2,1-6H3/t16-,22+/m0/s1. The van der Waals surface area contributed by atoms with Crippen molar-refractivity contribution < 1.29 is 9.53 Å². The highest BCUT2D eigenvalue weighted by atomic mass is 32.1. The molecule has 6 rings (SSSR count). The van der Waals surface area contributed by atoms with E-state index >= 15 is 0 Å². The summed E-state index contributed by atoms with van der Waals surface area (Å²) in [6.45, 7) is 16.0. The summed E-state index contributed by atoms with van der Waals surface area (Å²) in [5.74, 6) is 1.05. The number of nitrogens with zero attached hydrogens (tertiary/aromatic N) is 4. The fourth-order valence-electron chi connectivity index (χ4n) is 6.31. The largest absolute Gasteiger partial charge is 0.375 e. The molecule has 0 aromatic carbocycles. The highest BCUT2D eigenvalue weighted by Gasteiger charge is 2.33. The van der Waals surface area contributed by atoms with Crippen LogP contribution < -0.4 is 5.32 Å². The lowest BCUT2D eigenvalue weighted by molar-refractivity contribution is -0.138. The molecule has 2 N–H and O–H groups in total. The summed E-state index contributed by atoms with van der Waals surface area (Å²) in [5, 5.41) is 9.16. The minimum atomic E-state index is -0.208. The fourth-order valence-corrected chi connectivity index (χ4v) is 7.71. The van der Waals surface area contributed by atoms with Crippen LogP contribution in [0, 0.1) is 20.8 Å². The van der Waals surface area contributed by atoms with Crippen LogP contribution in [0.1, 0.15) is 72.6 Å². The molecule has 0 spiro atoms. The van der Waals surface area contributed by atoms with Gasteiger partial charge in [-0.3, -0.25) is 4.79 Å². The minimum Gasteiger partial charge on any atom is -0.375 e. The summed E-state index contributed by atoms with van der Waals surface area (Å²) in [5.41, 5.74) is 8.48. The van der Waals surface area contributed by atoms with E-state index in [1.54, 1.807) is 6.33 Å². The first-order valence-corrected chi connectivity index (χ1v) is 14.6. The number of aryl methyl sites for hydroxylation is 2. The molecule has 38 heavy (non-hydrogen) atoms. The van der Waals surface area contributed by atoms with Crippen LogP contribution in [-0.4, -0.2) is 68.8 Å². The minimum absolute atomic E-state index is 0.172. The highest BCUT2D eigenvalue weighted by molar-refractivity contribution is 7.19. The van der Waals surface area contributed by atoms with Crippen molar-refractivity contribution in [3.05, 3.63) is 39.7 Å². The molecule has 2 fully saturated rings. The number of carbonyl (C=O) groups is 1. The number of aromatic nitrogens is 4. The zero-order valence-electron chi connectivity index (χ0n) is 23.2. The van der Waals surface area contributed by atoms with E-state index in [2.05, 4.69) is 61.2 Å². The SMILES string of the molecule is Cc1c(-c2[nH]c3sc(C4CCN(C(=O)[C@H]5CO[C@@H](C)CN5)CC4)c(C)c3c2C(C)C)cn2ncnc2c1C. The average molecular weight is 535 g/mol. The molecule has 9 heteroatoms. The summed E-state index contributed by atoms with van der Waals surface area (Å²) >= 11 is 1.90. The number of hydrogen-bond donors (Lipinski definition) is 2. The van der Waals surface area contributed by atoms with Gasteiger partial charge in [-0.1, -0.05) is 13.8 Å². The van der Waals surface area contributed by atoms with Crippen LogP contribution in [-0.2, 0) is 9.53 Å². The van der Waals surface area contributed by atoms with Crippen LogP contribution in [0.3, 0.4) is 0 Å². The number of rotatable bonds is 4. The van der Waals surface area contributed by atoms with Crippen LogP contribution in [0.15, 0.2) is 12.5 Å². The Hall–Kier alpha value is -2.75. The third kappa shape index (κ3) is 4.15. The number of nitrogens with one attached hydrogen (secondary N) is 2. The molecule has 4 aromatic heterocycles. The van der Waals surface area contributed by atoms with Crippen molar-refractivity contribution >= 4 is 33.1 Å². The molecule has 8 nitrogen and oxygen atoms in total. The molecule has 0 unspecified atom stereocenters. The topological polar surface area (TPSA) is 87.5 Å². The molecular formula is C29H38N6O2S. The van der Waals surface area contributed by atoms with Crippen molar-refractivity contribution in [2.24, 2.45) is 0 Å². The first-order chi connectivity index (χ1) is 18.2. The number of amides is 1. The van der Waals surface area contributed by atoms with Crippen molar-refractivity contribution in [1.82, 2.24) is 29.8 Å². The number of likely N-dealkylation sites (tertiary alicyclic amines) is 1. The van der Waals surface area contributed by atoms with Gasteiger partial charge in [0.15, 0.2) is 5.65 Å². The van der Waals surface area contributed by atoms with Crippen LogP contribution in [0.4, 0.5) is 0 Å². The average Bonchev–Trinajstić information content (AvgIpc) is 3.61. The van der Waals surface area contributed by atoms with E-state index in [0.29, 0.717) is 18.4 Å². The molecule has 0 saturated carbocycles. The van der Waals surface area contributed by atoms with Crippen LogP contribution in [0.5, 0.6) is 0 Å². The van der Waals surface area contributed by atoms with Crippen LogP contribution >= 0.6 is 11.3 Å². The van der Waals surface area contributed by atoms with Crippen molar-refractivity contribution in [3.8, 4) is 11.3 Å². The van der Waals surface area contributed by atoms with E-state index in [9.17, 15) is 4.79 Å². The number of morpholine rings is 1. The van der Waals surface area contributed by atoms with E-state index in [1.165, 1.54) is 43.0 Å². The number of thiophene rings is 1. The molecule has 2 saturated heterocycles. The van der Waals surface area contributed by atoms with Gasteiger partial charge in [0, 0.05) is 41.7 Å². The number of ether oxygens (including phenoxy) is 1. The van der Waals surface area contributed by atoms with Gasteiger partial charge in [-0.25, -0.2) is 9.50 Å². The first kappa shape index (κ1) is 25.5. The van der Waals surface area contributed by atoms with Crippen LogP contribution in [0.2, 0.25) is 0 Å². The number of hydrogen-bond acceptors (Lipinski definition) is 6. The Morgan fingerprint density at radius 3 is 2.61 bits per heavy atom. The maximum Gasteiger partial charge on any atom is 0.242 e. The third-order valence-corrected chi connectivity index (χ3v) is 9.98. The molecule has 202 valence electrons. The lowest BCUT2D eigenvalue weighted by Crippen LogP contribution is -2.55. The van der Waals surface area contributed by atoms with E-state index in [-0.39, 0.29) is 18.1 Å². The van der Waals surface area contributed by atoms with Gasteiger partial charge in [-0.15, -0.1) is 11.3 Å². The Morgan fingerprint density at radius 1 is 1.16 bits per heavy atom. The molecule has 0 bridgehead atoms. The number of carbonyl (C=O) groups excluding carboxylic acids is 1. The lowest BCUT2D eigenvalue weighted by Gasteiger charge is -2.36. The van der Waals surface area contributed by atoms with Gasteiger partial charge >= 0.3 is 0 Å². The normalized spacial score (nSPS) is 21.3. The number of aromatic amines is 1. The smallest absolute Gasteiger partial charge is 0.242 e. The van der Waals surface area contributed by atoms with Gasteiger partial charge in [0.05, 0.1) is 18.4 Å². The molecule has 0 aliphatic carbocycles. The van der Waals surface area contributed by atoms with Gasteiger partial charge < -0.3 is 19.9 Å². The molecule has 2 aliphatic heterocycles. The van der Waals surface area contributed by atoms with Gasteiger partial charge in [0.2, 0.25) is 5.91 Å². The van der Waals surface area contributed by atoms with E-state index in [4.69, 9.17) is 4.74 Å². The second-order valence-corrected chi connectivity index (χ2v) is 12.4. The Morgan fingerprint density at radius 2 is 1.92 bits per heavy atom. The summed E-state index contributed by atoms with van der Waals surface area (Å²) in [6.07, 6.45) is 5.92. The van der Waals surface area contributed by atoms with Gasteiger partial charge in [-0.05, 0) is 74.6 Å². The predicted molar refractivity (Wildman–Crippen MR) is 152 cm³/mol. The van der Waals surface area contributed by atoms with E-state index in [0.717, 1.165) is 43.7 Å². The molecule has 4 aromatic rings. The lowest BCUT2D eigenvalue weighted by atomic mass is 9.89.